The summed E-state index contributed by atoms with van der Waals surface area (Å²) >= 11 is 3.43. The molecule has 0 radical (unpaired) electrons. The minimum Gasteiger partial charge on any atom is -0.207 e. The molecule has 2 aromatic carbocycles. The number of halogens is 3. The number of hydrogen-bond acceptors (Lipinski definition) is 0. The Morgan fingerprint density at radius 3 is 2.39 bits per heavy atom. The van der Waals surface area contributed by atoms with E-state index in [9.17, 15) is 8.78 Å². The molecule has 0 aliphatic heterocycles. The molecule has 0 bridgehead atoms. The molecule has 0 saturated carbocycles. The van der Waals surface area contributed by atoms with Crippen LogP contribution in [0.3, 0.4) is 0 Å². The first kappa shape index (κ1) is 13.2. The highest BCUT2D eigenvalue weighted by Crippen LogP contribution is 2.30. The van der Waals surface area contributed by atoms with Crippen LogP contribution in [0.4, 0.5) is 8.78 Å². The van der Waals surface area contributed by atoms with Crippen LogP contribution in [0.1, 0.15) is 21.5 Å². The summed E-state index contributed by atoms with van der Waals surface area (Å²) in [4.78, 5) is -0.227. The Kier molecular flexibility index (Phi) is 4.12. The molecule has 1 atom stereocenters. The van der Waals surface area contributed by atoms with Gasteiger partial charge in [0.25, 0.3) is 0 Å². The van der Waals surface area contributed by atoms with Gasteiger partial charge >= 0.3 is 0 Å². The van der Waals surface area contributed by atoms with Gasteiger partial charge in [0.2, 0.25) is 0 Å². The molecule has 0 aromatic heterocycles. The minimum absolute atomic E-state index is 0.227. The van der Waals surface area contributed by atoms with Crippen LogP contribution >= 0.6 is 15.9 Å². The Balaban J connectivity index is 2.24. The summed E-state index contributed by atoms with van der Waals surface area (Å²) in [5.74, 6) is -0.740. The van der Waals surface area contributed by atoms with E-state index in [1.165, 1.54) is 12.1 Å². The maximum absolute atomic E-state index is 13.8. The fraction of sp³-hybridized carbons (Fsp3) is 0.200. The van der Waals surface area contributed by atoms with Crippen LogP contribution in [-0.4, -0.2) is 0 Å². The molecule has 0 heterocycles. The van der Waals surface area contributed by atoms with Gasteiger partial charge in [-0.2, -0.15) is 0 Å². The average Bonchev–Trinajstić information content (AvgIpc) is 2.35. The molecular formula is C15H13BrF2. The Bertz CT molecular complexity index is 538. The Labute approximate surface area is 114 Å². The third kappa shape index (κ3) is 2.96. The smallest absolute Gasteiger partial charge is 0.128 e. The van der Waals surface area contributed by atoms with E-state index in [0.717, 1.165) is 5.56 Å². The normalized spacial score (nSPS) is 12.4. The zero-order valence-corrected chi connectivity index (χ0v) is 11.5. The lowest BCUT2D eigenvalue weighted by Gasteiger charge is -2.12. The van der Waals surface area contributed by atoms with Crippen molar-refractivity contribution in [3.63, 3.8) is 0 Å². The highest BCUT2D eigenvalue weighted by molar-refractivity contribution is 9.09. The molecule has 0 spiro atoms. The lowest BCUT2D eigenvalue weighted by molar-refractivity contribution is 0.577. The van der Waals surface area contributed by atoms with Crippen LogP contribution in [0.25, 0.3) is 0 Å². The summed E-state index contributed by atoms with van der Waals surface area (Å²) in [5.41, 5.74) is 1.78. The highest BCUT2D eigenvalue weighted by atomic mass is 79.9. The second kappa shape index (κ2) is 5.61. The number of alkyl halides is 1. The Morgan fingerprint density at radius 2 is 1.72 bits per heavy atom. The van der Waals surface area contributed by atoms with Crippen LogP contribution in [0.2, 0.25) is 0 Å². The summed E-state index contributed by atoms with van der Waals surface area (Å²) in [5, 5.41) is 0. The highest BCUT2D eigenvalue weighted by Gasteiger charge is 2.15. The average molecular weight is 311 g/mol. The van der Waals surface area contributed by atoms with E-state index in [1.807, 2.05) is 30.3 Å². The Morgan fingerprint density at radius 1 is 1.06 bits per heavy atom. The van der Waals surface area contributed by atoms with E-state index in [0.29, 0.717) is 17.5 Å². The molecule has 94 valence electrons. The van der Waals surface area contributed by atoms with Gasteiger partial charge in [-0.25, -0.2) is 8.78 Å². The van der Waals surface area contributed by atoms with Gasteiger partial charge in [-0.15, -0.1) is 0 Å². The van der Waals surface area contributed by atoms with Crippen molar-refractivity contribution >= 4 is 15.9 Å². The zero-order valence-electron chi connectivity index (χ0n) is 9.96. The maximum Gasteiger partial charge on any atom is 0.128 e. The molecule has 1 unspecified atom stereocenters. The van der Waals surface area contributed by atoms with Crippen molar-refractivity contribution in [1.82, 2.24) is 0 Å². The molecule has 2 aromatic rings. The van der Waals surface area contributed by atoms with Crippen molar-refractivity contribution in [2.24, 2.45) is 0 Å². The quantitative estimate of drug-likeness (QED) is 0.703. The first-order valence-electron chi connectivity index (χ1n) is 5.71. The molecular weight excluding hydrogens is 298 g/mol. The standard InChI is InChI=1S/C15H13BrF2/c1-10-7-15(18)12(9-14(10)17)13(16)8-11-5-3-2-4-6-11/h2-7,9,13H,8H2,1H3. The van der Waals surface area contributed by atoms with Gasteiger partial charge < -0.3 is 0 Å². The first-order valence-corrected chi connectivity index (χ1v) is 6.63. The van der Waals surface area contributed by atoms with Gasteiger partial charge in [-0.3, -0.25) is 0 Å². The van der Waals surface area contributed by atoms with Gasteiger partial charge in [0.1, 0.15) is 11.6 Å². The van der Waals surface area contributed by atoms with Gasteiger partial charge in [0.05, 0.1) is 0 Å². The van der Waals surface area contributed by atoms with E-state index >= 15 is 0 Å². The third-order valence-corrected chi connectivity index (χ3v) is 3.69. The van der Waals surface area contributed by atoms with Crippen LogP contribution in [-0.2, 0) is 6.42 Å². The topological polar surface area (TPSA) is 0 Å². The molecule has 0 aliphatic carbocycles. The van der Waals surface area contributed by atoms with E-state index < -0.39 is 0 Å². The van der Waals surface area contributed by atoms with E-state index in [4.69, 9.17) is 0 Å². The van der Waals surface area contributed by atoms with Crippen LogP contribution in [0.15, 0.2) is 42.5 Å². The van der Waals surface area contributed by atoms with Gasteiger partial charge in [0, 0.05) is 10.4 Å². The molecule has 0 amide bonds. The van der Waals surface area contributed by atoms with Crippen molar-refractivity contribution in [3.05, 3.63) is 70.8 Å². The predicted molar refractivity (Wildman–Crippen MR) is 72.9 cm³/mol. The molecule has 3 heteroatoms. The first-order chi connectivity index (χ1) is 8.58. The summed E-state index contributed by atoms with van der Waals surface area (Å²) < 4.78 is 27.3. The molecule has 0 nitrogen and oxygen atoms in total. The van der Waals surface area contributed by atoms with E-state index in [1.54, 1.807) is 6.92 Å². The summed E-state index contributed by atoms with van der Waals surface area (Å²) in [6.07, 6.45) is 0.625. The maximum atomic E-state index is 13.8. The Hall–Kier alpha value is -1.22. The monoisotopic (exact) mass is 310 g/mol. The molecule has 0 aliphatic rings. The molecule has 0 saturated heterocycles. The number of hydrogen-bond donors (Lipinski definition) is 0. The second-order valence-corrected chi connectivity index (χ2v) is 5.39. The van der Waals surface area contributed by atoms with E-state index in [2.05, 4.69) is 15.9 Å². The summed E-state index contributed by atoms with van der Waals surface area (Å²) in [6.45, 7) is 1.56. The second-order valence-electron chi connectivity index (χ2n) is 4.28. The number of benzene rings is 2. The van der Waals surface area contributed by atoms with Gasteiger partial charge in [-0.05, 0) is 36.6 Å². The molecule has 2 rings (SSSR count). The molecule has 18 heavy (non-hydrogen) atoms. The fourth-order valence-electron chi connectivity index (χ4n) is 1.83. The fourth-order valence-corrected chi connectivity index (χ4v) is 2.56. The summed E-state index contributed by atoms with van der Waals surface area (Å²) in [6, 6.07) is 12.2. The van der Waals surface area contributed by atoms with Crippen LogP contribution in [0, 0.1) is 18.6 Å². The molecule has 0 N–H and O–H groups in total. The molecule has 0 fully saturated rings. The van der Waals surface area contributed by atoms with Gasteiger partial charge in [-0.1, -0.05) is 46.3 Å². The summed E-state index contributed by atoms with van der Waals surface area (Å²) in [7, 11) is 0. The number of aryl methyl sites for hydroxylation is 1. The number of rotatable bonds is 3. The van der Waals surface area contributed by atoms with Crippen molar-refractivity contribution in [2.45, 2.75) is 18.2 Å². The van der Waals surface area contributed by atoms with Crippen molar-refractivity contribution in [3.8, 4) is 0 Å². The third-order valence-electron chi connectivity index (χ3n) is 2.87. The van der Waals surface area contributed by atoms with E-state index in [-0.39, 0.29) is 16.5 Å². The van der Waals surface area contributed by atoms with Crippen molar-refractivity contribution in [1.29, 1.82) is 0 Å². The van der Waals surface area contributed by atoms with Crippen LogP contribution in [0.5, 0.6) is 0 Å². The minimum atomic E-state index is -0.371. The van der Waals surface area contributed by atoms with Crippen molar-refractivity contribution in [2.75, 3.05) is 0 Å². The lowest BCUT2D eigenvalue weighted by atomic mass is 10.0. The van der Waals surface area contributed by atoms with Crippen LogP contribution < -0.4 is 0 Å². The van der Waals surface area contributed by atoms with Crippen molar-refractivity contribution < 1.29 is 8.78 Å². The largest absolute Gasteiger partial charge is 0.207 e. The predicted octanol–water partition coefficient (Wildman–Crippen LogP) is 4.95. The van der Waals surface area contributed by atoms with Gasteiger partial charge in [0.15, 0.2) is 0 Å². The zero-order chi connectivity index (χ0) is 13.1. The lowest BCUT2D eigenvalue weighted by Crippen LogP contribution is -2.00. The SMILES string of the molecule is Cc1cc(F)c(C(Br)Cc2ccccc2)cc1F.